The number of pyridine rings is 1. The topological polar surface area (TPSA) is 56.7 Å². The SMILES string of the molecule is Cc1cccc(CN2CCCC3(CCN(Cc4cccs4)C3)C2)n1.O=C(O)C(F)(F)F. The lowest BCUT2D eigenvalue weighted by molar-refractivity contribution is -0.192. The van der Waals surface area contributed by atoms with Gasteiger partial charge in [0, 0.05) is 36.8 Å². The van der Waals surface area contributed by atoms with E-state index < -0.39 is 12.1 Å². The zero-order valence-electron chi connectivity index (χ0n) is 17.6. The largest absolute Gasteiger partial charge is 0.490 e. The van der Waals surface area contributed by atoms with Crippen LogP contribution in [0.15, 0.2) is 35.7 Å². The van der Waals surface area contributed by atoms with Crippen LogP contribution in [0, 0.1) is 12.3 Å². The predicted molar refractivity (Wildman–Crippen MR) is 114 cm³/mol. The van der Waals surface area contributed by atoms with Gasteiger partial charge in [-0.1, -0.05) is 12.1 Å². The van der Waals surface area contributed by atoms with Gasteiger partial charge in [0.1, 0.15) is 0 Å². The molecule has 2 aromatic heterocycles. The Morgan fingerprint density at radius 2 is 1.84 bits per heavy atom. The number of aromatic nitrogens is 1. The quantitative estimate of drug-likeness (QED) is 0.732. The summed E-state index contributed by atoms with van der Waals surface area (Å²) < 4.78 is 31.7. The van der Waals surface area contributed by atoms with Crippen molar-refractivity contribution >= 4 is 17.3 Å². The number of piperidine rings is 1. The molecule has 2 fully saturated rings. The zero-order valence-corrected chi connectivity index (χ0v) is 18.4. The van der Waals surface area contributed by atoms with Gasteiger partial charge in [-0.2, -0.15) is 13.2 Å². The Morgan fingerprint density at radius 1 is 1.13 bits per heavy atom. The maximum absolute atomic E-state index is 10.6. The van der Waals surface area contributed by atoms with E-state index in [0.717, 1.165) is 18.8 Å². The minimum Gasteiger partial charge on any atom is -0.475 e. The van der Waals surface area contributed by atoms with E-state index in [2.05, 4.69) is 52.4 Å². The molecule has 4 heterocycles. The molecule has 1 spiro atoms. The van der Waals surface area contributed by atoms with E-state index >= 15 is 0 Å². The number of aliphatic carboxylic acids is 1. The molecule has 4 rings (SSSR count). The summed E-state index contributed by atoms with van der Waals surface area (Å²) in [6.45, 7) is 9.22. The second kappa shape index (κ2) is 10.1. The van der Waals surface area contributed by atoms with Crippen LogP contribution in [0.4, 0.5) is 13.2 Å². The monoisotopic (exact) mass is 455 g/mol. The van der Waals surface area contributed by atoms with Crippen molar-refractivity contribution in [2.24, 2.45) is 5.41 Å². The van der Waals surface area contributed by atoms with Gasteiger partial charge in [0.25, 0.3) is 0 Å². The average molecular weight is 456 g/mol. The number of aryl methyl sites for hydroxylation is 1. The molecule has 0 aromatic carbocycles. The van der Waals surface area contributed by atoms with Crippen LogP contribution in [0.1, 0.15) is 35.5 Å². The summed E-state index contributed by atoms with van der Waals surface area (Å²) in [5.41, 5.74) is 2.86. The Bertz CT molecular complexity index is 860. The molecule has 31 heavy (non-hydrogen) atoms. The summed E-state index contributed by atoms with van der Waals surface area (Å²) >= 11 is 1.89. The molecule has 0 radical (unpaired) electrons. The van der Waals surface area contributed by atoms with E-state index in [1.807, 2.05) is 11.3 Å². The van der Waals surface area contributed by atoms with Gasteiger partial charge in [0.2, 0.25) is 0 Å². The van der Waals surface area contributed by atoms with Crippen LogP contribution in [-0.4, -0.2) is 58.2 Å². The lowest BCUT2D eigenvalue weighted by Gasteiger charge is -2.40. The van der Waals surface area contributed by atoms with Gasteiger partial charge in [0.15, 0.2) is 0 Å². The van der Waals surface area contributed by atoms with Crippen LogP contribution in [0.3, 0.4) is 0 Å². The number of carboxylic acids is 1. The number of carbonyl (C=O) groups is 1. The van der Waals surface area contributed by atoms with E-state index in [4.69, 9.17) is 14.9 Å². The molecule has 1 N–H and O–H groups in total. The predicted octanol–water partition coefficient (Wildman–Crippen LogP) is 4.57. The maximum atomic E-state index is 10.6. The molecule has 170 valence electrons. The molecule has 2 aliphatic rings. The molecule has 1 unspecified atom stereocenters. The summed E-state index contributed by atoms with van der Waals surface area (Å²) in [5, 5.41) is 9.32. The first-order valence-electron chi connectivity index (χ1n) is 10.3. The smallest absolute Gasteiger partial charge is 0.475 e. The van der Waals surface area contributed by atoms with Gasteiger partial charge in [0.05, 0.1) is 5.69 Å². The van der Waals surface area contributed by atoms with Gasteiger partial charge >= 0.3 is 12.1 Å². The number of hydrogen-bond donors (Lipinski definition) is 1. The molecule has 1 atom stereocenters. The standard InChI is InChI=1S/C20H27N3S.C2HF3O2/c1-17-5-2-6-18(21-17)13-22-10-4-8-20(15-22)9-11-23(16-20)14-19-7-3-12-24-19;3-2(4,5)1(6)7/h2-3,5-7,12H,4,8-11,13-16H2,1H3;(H,6,7). The first-order valence-corrected chi connectivity index (χ1v) is 11.2. The van der Waals surface area contributed by atoms with Crippen molar-refractivity contribution in [1.29, 1.82) is 0 Å². The fraction of sp³-hybridized carbons (Fsp3) is 0.545. The molecular weight excluding hydrogens is 427 g/mol. The Kier molecular flexibility index (Phi) is 7.72. The fourth-order valence-corrected chi connectivity index (χ4v) is 5.23. The fourth-order valence-electron chi connectivity index (χ4n) is 4.48. The molecule has 2 saturated heterocycles. The lowest BCUT2D eigenvalue weighted by atomic mass is 9.79. The van der Waals surface area contributed by atoms with Gasteiger partial charge in [-0.15, -0.1) is 11.3 Å². The molecular formula is C22H28F3N3O2S. The molecule has 0 bridgehead atoms. The van der Waals surface area contributed by atoms with Gasteiger partial charge < -0.3 is 5.11 Å². The van der Waals surface area contributed by atoms with Gasteiger partial charge in [-0.25, -0.2) is 4.79 Å². The third-order valence-electron chi connectivity index (χ3n) is 5.79. The van der Waals surface area contributed by atoms with Gasteiger partial charge in [-0.05, 0) is 68.3 Å². The summed E-state index contributed by atoms with van der Waals surface area (Å²) in [5.74, 6) is -2.76. The zero-order chi connectivity index (χ0) is 22.5. The summed E-state index contributed by atoms with van der Waals surface area (Å²) in [6.07, 6.45) is -1.000. The Morgan fingerprint density at radius 3 is 2.45 bits per heavy atom. The van der Waals surface area contributed by atoms with Crippen LogP contribution >= 0.6 is 11.3 Å². The molecule has 9 heteroatoms. The van der Waals surface area contributed by atoms with Crippen LogP contribution in [-0.2, 0) is 17.9 Å². The Labute approximate surface area is 184 Å². The molecule has 2 aliphatic heterocycles. The number of halogens is 3. The average Bonchev–Trinajstić information content (AvgIpc) is 3.32. The van der Waals surface area contributed by atoms with E-state index in [1.165, 1.54) is 56.0 Å². The summed E-state index contributed by atoms with van der Waals surface area (Å²) in [7, 11) is 0. The van der Waals surface area contributed by atoms with Crippen molar-refractivity contribution in [3.63, 3.8) is 0 Å². The number of likely N-dealkylation sites (tertiary alicyclic amines) is 2. The summed E-state index contributed by atoms with van der Waals surface area (Å²) in [4.78, 5) is 20.4. The molecule has 2 aromatic rings. The van der Waals surface area contributed by atoms with Crippen molar-refractivity contribution in [3.8, 4) is 0 Å². The second-order valence-corrected chi connectivity index (χ2v) is 9.46. The van der Waals surface area contributed by atoms with Crippen molar-refractivity contribution in [2.45, 2.75) is 45.5 Å². The number of thiophene rings is 1. The van der Waals surface area contributed by atoms with E-state index in [-0.39, 0.29) is 0 Å². The lowest BCUT2D eigenvalue weighted by Crippen LogP contribution is -2.44. The van der Waals surface area contributed by atoms with Crippen molar-refractivity contribution in [2.75, 3.05) is 26.2 Å². The number of hydrogen-bond acceptors (Lipinski definition) is 5. The first kappa shape index (κ1) is 23.7. The van der Waals surface area contributed by atoms with E-state index in [0.29, 0.717) is 5.41 Å². The Hall–Kier alpha value is -1.97. The van der Waals surface area contributed by atoms with Crippen LogP contribution in [0.5, 0.6) is 0 Å². The van der Waals surface area contributed by atoms with Gasteiger partial charge in [-0.3, -0.25) is 14.8 Å². The highest BCUT2D eigenvalue weighted by atomic mass is 32.1. The van der Waals surface area contributed by atoms with Crippen molar-refractivity contribution < 1.29 is 23.1 Å². The molecule has 5 nitrogen and oxygen atoms in total. The number of rotatable bonds is 4. The highest BCUT2D eigenvalue weighted by Gasteiger charge is 2.41. The third-order valence-corrected chi connectivity index (χ3v) is 6.65. The highest BCUT2D eigenvalue weighted by Crippen LogP contribution is 2.40. The highest BCUT2D eigenvalue weighted by molar-refractivity contribution is 7.09. The van der Waals surface area contributed by atoms with Crippen LogP contribution in [0.25, 0.3) is 0 Å². The Balaban J connectivity index is 0.000000339. The third kappa shape index (κ3) is 7.02. The minimum atomic E-state index is -5.08. The van der Waals surface area contributed by atoms with Crippen molar-refractivity contribution in [3.05, 3.63) is 52.0 Å². The number of carboxylic acid groups (broad SMARTS) is 1. The molecule has 0 aliphatic carbocycles. The molecule has 0 saturated carbocycles. The van der Waals surface area contributed by atoms with Crippen LogP contribution < -0.4 is 0 Å². The number of nitrogens with zero attached hydrogens (tertiary/aromatic N) is 3. The molecule has 0 amide bonds. The maximum Gasteiger partial charge on any atom is 0.490 e. The summed E-state index contributed by atoms with van der Waals surface area (Å²) in [6, 6.07) is 10.8. The number of alkyl halides is 3. The minimum absolute atomic E-state index is 0.513. The van der Waals surface area contributed by atoms with Crippen LogP contribution in [0.2, 0.25) is 0 Å². The second-order valence-electron chi connectivity index (χ2n) is 8.43. The van der Waals surface area contributed by atoms with Crippen molar-refractivity contribution in [1.82, 2.24) is 14.8 Å². The first-order chi connectivity index (χ1) is 14.7. The van der Waals surface area contributed by atoms with E-state index in [9.17, 15) is 13.2 Å². The van der Waals surface area contributed by atoms with E-state index in [1.54, 1.807) is 0 Å². The normalized spacial score (nSPS) is 22.3.